The molecule has 1 aromatic heterocycles. The fraction of sp³-hybridized carbons (Fsp3) is 0.300. The predicted molar refractivity (Wildman–Crippen MR) is 97.2 cm³/mol. The lowest BCUT2D eigenvalue weighted by Gasteiger charge is -2.27. The van der Waals surface area contributed by atoms with E-state index in [1.54, 1.807) is 19.2 Å². The molecule has 4 rings (SSSR count). The Hall–Kier alpha value is -2.53. The monoisotopic (exact) mass is 337 g/mol. The molecule has 0 amide bonds. The molecule has 0 spiro atoms. The molecule has 0 aliphatic carbocycles. The molecule has 1 fully saturated rings. The Morgan fingerprint density at radius 1 is 1.08 bits per heavy atom. The van der Waals surface area contributed by atoms with Gasteiger partial charge in [-0.1, -0.05) is 12.1 Å². The summed E-state index contributed by atoms with van der Waals surface area (Å²) >= 11 is 0. The van der Waals surface area contributed by atoms with Gasteiger partial charge in [-0.15, -0.1) is 0 Å². The van der Waals surface area contributed by atoms with Gasteiger partial charge in [0.15, 0.2) is 5.82 Å². The molecule has 4 nitrogen and oxygen atoms in total. The van der Waals surface area contributed by atoms with Crippen LogP contribution in [0.3, 0.4) is 0 Å². The molecule has 0 bridgehead atoms. The van der Waals surface area contributed by atoms with Gasteiger partial charge in [0.25, 0.3) is 0 Å². The van der Waals surface area contributed by atoms with Gasteiger partial charge in [-0.3, -0.25) is 0 Å². The van der Waals surface area contributed by atoms with Crippen LogP contribution in [-0.4, -0.2) is 36.3 Å². The van der Waals surface area contributed by atoms with Crippen molar-refractivity contribution in [3.05, 3.63) is 54.3 Å². The summed E-state index contributed by atoms with van der Waals surface area (Å²) in [6, 6.07) is 14.6. The van der Waals surface area contributed by atoms with Crippen molar-refractivity contribution in [2.75, 3.05) is 25.2 Å². The third kappa shape index (κ3) is 3.07. The molecule has 2 aromatic carbocycles. The highest BCUT2D eigenvalue weighted by molar-refractivity contribution is 5.83. The normalized spacial score (nSPS) is 17.4. The number of nitrogens with zero attached hydrogens (tertiary/aromatic N) is 3. The van der Waals surface area contributed by atoms with Crippen molar-refractivity contribution in [1.82, 2.24) is 9.97 Å². The van der Waals surface area contributed by atoms with E-state index >= 15 is 0 Å². The number of ether oxygens (including phenoxy) is 1. The number of fused-ring (bicyclic) bond motifs is 1. The van der Waals surface area contributed by atoms with Gasteiger partial charge in [-0.05, 0) is 49.2 Å². The van der Waals surface area contributed by atoms with Crippen molar-refractivity contribution in [2.24, 2.45) is 0 Å². The minimum Gasteiger partial charge on any atom is -0.383 e. The van der Waals surface area contributed by atoms with Crippen molar-refractivity contribution >= 4 is 16.9 Å². The molecule has 2 heterocycles. The second-order valence-corrected chi connectivity index (χ2v) is 6.34. The van der Waals surface area contributed by atoms with E-state index in [2.05, 4.69) is 4.90 Å². The molecule has 3 aromatic rings. The predicted octanol–water partition coefficient (Wildman–Crippen LogP) is 4.05. The molecule has 0 saturated carbocycles. The van der Waals surface area contributed by atoms with E-state index < -0.39 is 0 Å². The van der Waals surface area contributed by atoms with Crippen LogP contribution in [0.5, 0.6) is 0 Å². The van der Waals surface area contributed by atoms with Crippen LogP contribution >= 0.6 is 0 Å². The van der Waals surface area contributed by atoms with Crippen molar-refractivity contribution in [1.29, 1.82) is 0 Å². The average Bonchev–Trinajstić information content (AvgIpc) is 3.10. The molecule has 5 heteroatoms. The summed E-state index contributed by atoms with van der Waals surface area (Å²) in [5.41, 5.74) is 3.37. The summed E-state index contributed by atoms with van der Waals surface area (Å²) in [5.74, 6) is 0.599. The van der Waals surface area contributed by atoms with Crippen LogP contribution in [0.1, 0.15) is 12.8 Å². The first-order valence-corrected chi connectivity index (χ1v) is 8.54. The first kappa shape index (κ1) is 16.0. The number of halogens is 1. The van der Waals surface area contributed by atoms with Gasteiger partial charge < -0.3 is 9.64 Å². The summed E-state index contributed by atoms with van der Waals surface area (Å²) in [7, 11) is 1.73. The van der Waals surface area contributed by atoms with Crippen molar-refractivity contribution < 1.29 is 9.13 Å². The van der Waals surface area contributed by atoms with Crippen LogP contribution in [0.2, 0.25) is 0 Å². The molecule has 0 N–H and O–H groups in total. The highest BCUT2D eigenvalue weighted by Crippen LogP contribution is 2.34. The van der Waals surface area contributed by atoms with E-state index in [9.17, 15) is 4.39 Å². The largest absolute Gasteiger partial charge is 0.383 e. The summed E-state index contributed by atoms with van der Waals surface area (Å²) in [5, 5.41) is 0. The van der Waals surface area contributed by atoms with Crippen LogP contribution in [-0.2, 0) is 4.74 Å². The maximum atomic E-state index is 13.4. The van der Waals surface area contributed by atoms with Gasteiger partial charge in [0.05, 0.1) is 23.7 Å². The number of rotatable bonds is 4. The van der Waals surface area contributed by atoms with Crippen molar-refractivity contribution in [3.63, 3.8) is 0 Å². The number of para-hydroxylation sites is 2. The Kier molecular flexibility index (Phi) is 4.32. The van der Waals surface area contributed by atoms with E-state index in [0.29, 0.717) is 12.6 Å². The zero-order chi connectivity index (χ0) is 17.2. The van der Waals surface area contributed by atoms with Gasteiger partial charge in [0, 0.05) is 19.2 Å². The molecular weight excluding hydrogens is 317 g/mol. The number of benzene rings is 2. The Balaban J connectivity index is 1.88. The molecule has 128 valence electrons. The second kappa shape index (κ2) is 6.76. The Morgan fingerprint density at radius 3 is 2.52 bits per heavy atom. The molecule has 1 saturated heterocycles. The maximum Gasteiger partial charge on any atom is 0.156 e. The first-order valence-electron chi connectivity index (χ1n) is 8.54. The van der Waals surface area contributed by atoms with Crippen LogP contribution in [0.4, 0.5) is 10.2 Å². The topological polar surface area (TPSA) is 38.2 Å². The van der Waals surface area contributed by atoms with E-state index in [4.69, 9.17) is 14.7 Å². The molecule has 1 aliphatic rings. The molecule has 25 heavy (non-hydrogen) atoms. The fourth-order valence-corrected chi connectivity index (χ4v) is 3.47. The molecule has 1 unspecified atom stereocenters. The van der Waals surface area contributed by atoms with E-state index in [1.807, 2.05) is 24.3 Å². The fourth-order valence-electron chi connectivity index (χ4n) is 3.47. The Morgan fingerprint density at radius 2 is 1.80 bits per heavy atom. The number of aromatic nitrogens is 2. The lowest BCUT2D eigenvalue weighted by atomic mass is 10.1. The second-order valence-electron chi connectivity index (χ2n) is 6.34. The van der Waals surface area contributed by atoms with Gasteiger partial charge in [0.2, 0.25) is 0 Å². The van der Waals surface area contributed by atoms with Gasteiger partial charge in [-0.2, -0.15) is 0 Å². The number of methoxy groups -OCH3 is 1. The highest BCUT2D eigenvalue weighted by atomic mass is 19.1. The van der Waals surface area contributed by atoms with E-state index in [-0.39, 0.29) is 5.82 Å². The summed E-state index contributed by atoms with van der Waals surface area (Å²) in [4.78, 5) is 12.0. The lowest BCUT2D eigenvalue weighted by Crippen LogP contribution is -2.34. The highest BCUT2D eigenvalue weighted by Gasteiger charge is 2.28. The SMILES string of the molecule is COCC1CCCN1c1nc2ccccc2nc1-c1ccc(F)cc1. The average molecular weight is 337 g/mol. The first-order chi connectivity index (χ1) is 12.3. The number of anilines is 1. The third-order valence-electron chi connectivity index (χ3n) is 4.68. The van der Waals surface area contributed by atoms with E-state index in [1.165, 1.54) is 12.1 Å². The number of hydrogen-bond acceptors (Lipinski definition) is 4. The lowest BCUT2D eigenvalue weighted by molar-refractivity contribution is 0.180. The molecule has 1 atom stereocenters. The van der Waals surface area contributed by atoms with Crippen LogP contribution < -0.4 is 4.90 Å². The molecule has 1 aliphatic heterocycles. The standard InChI is InChI=1S/C20H20FN3O/c1-25-13-16-5-4-12-24(16)20-19(14-8-10-15(21)11-9-14)22-17-6-2-3-7-18(17)23-20/h2-3,6-11,16H,4-5,12-13H2,1H3. The Bertz CT molecular complexity index is 882. The van der Waals surface area contributed by atoms with Crippen molar-refractivity contribution in [3.8, 4) is 11.3 Å². The van der Waals surface area contributed by atoms with Crippen LogP contribution in [0.25, 0.3) is 22.3 Å². The Labute approximate surface area is 146 Å². The maximum absolute atomic E-state index is 13.4. The van der Waals surface area contributed by atoms with Gasteiger partial charge >= 0.3 is 0 Å². The summed E-state index contributed by atoms with van der Waals surface area (Å²) < 4.78 is 18.7. The third-order valence-corrected chi connectivity index (χ3v) is 4.68. The van der Waals surface area contributed by atoms with E-state index in [0.717, 1.165) is 47.5 Å². The van der Waals surface area contributed by atoms with Crippen LogP contribution in [0, 0.1) is 5.82 Å². The molecular formula is C20H20FN3O. The quantitative estimate of drug-likeness (QED) is 0.720. The van der Waals surface area contributed by atoms with Gasteiger partial charge in [0.1, 0.15) is 11.5 Å². The van der Waals surface area contributed by atoms with Gasteiger partial charge in [-0.25, -0.2) is 14.4 Å². The van der Waals surface area contributed by atoms with Crippen LogP contribution in [0.15, 0.2) is 48.5 Å². The minimum atomic E-state index is -0.252. The summed E-state index contributed by atoms with van der Waals surface area (Å²) in [6.07, 6.45) is 2.18. The number of hydrogen-bond donors (Lipinski definition) is 0. The molecule has 0 radical (unpaired) electrons. The minimum absolute atomic E-state index is 0.252. The van der Waals surface area contributed by atoms with Crippen molar-refractivity contribution in [2.45, 2.75) is 18.9 Å². The summed E-state index contributed by atoms with van der Waals surface area (Å²) in [6.45, 7) is 1.59. The zero-order valence-electron chi connectivity index (χ0n) is 14.2. The smallest absolute Gasteiger partial charge is 0.156 e. The zero-order valence-corrected chi connectivity index (χ0v) is 14.2.